The van der Waals surface area contributed by atoms with Gasteiger partial charge in [-0.2, -0.15) is 0 Å². The number of rotatable bonds is 9. The normalized spacial score (nSPS) is 11.5. The molecular formula is C14H19BrO4S. The Kier molecular flexibility index (Phi) is 7.40. The molecule has 0 radical (unpaired) electrons. The standard InChI is InChI=1S/C14H19BrO4S/c1-19-9-3-11-20(17,18)10-2-4-14(16)12-5-7-13(15)8-6-12/h5-8H,2-4,9-11H2,1H3. The monoisotopic (exact) mass is 362 g/mol. The number of hydrogen-bond donors (Lipinski definition) is 0. The molecule has 0 fully saturated rings. The summed E-state index contributed by atoms with van der Waals surface area (Å²) in [7, 11) is -1.53. The zero-order chi connectivity index (χ0) is 15.0. The van der Waals surface area contributed by atoms with Crippen LogP contribution in [-0.2, 0) is 14.6 Å². The Bertz CT molecular complexity index is 523. The molecule has 0 aliphatic heterocycles. The third kappa shape index (κ3) is 6.63. The largest absolute Gasteiger partial charge is 0.385 e. The molecule has 4 nitrogen and oxygen atoms in total. The summed E-state index contributed by atoms with van der Waals surface area (Å²) in [5, 5.41) is 0. The van der Waals surface area contributed by atoms with Crippen LogP contribution in [0.5, 0.6) is 0 Å². The summed E-state index contributed by atoms with van der Waals surface area (Å²) in [6.07, 6.45) is 1.12. The van der Waals surface area contributed by atoms with Crippen LogP contribution in [0.4, 0.5) is 0 Å². The van der Waals surface area contributed by atoms with Gasteiger partial charge in [-0.05, 0) is 25.0 Å². The molecular weight excluding hydrogens is 344 g/mol. The highest BCUT2D eigenvalue weighted by Crippen LogP contribution is 2.13. The minimum Gasteiger partial charge on any atom is -0.385 e. The number of carbonyl (C=O) groups is 1. The highest BCUT2D eigenvalue weighted by Gasteiger charge is 2.12. The molecule has 0 spiro atoms. The van der Waals surface area contributed by atoms with Gasteiger partial charge in [0, 0.05) is 30.2 Å². The fourth-order valence-electron chi connectivity index (χ4n) is 1.76. The quantitative estimate of drug-likeness (QED) is 0.500. The minimum absolute atomic E-state index is 0.0235. The van der Waals surface area contributed by atoms with Crippen molar-refractivity contribution in [1.82, 2.24) is 0 Å². The van der Waals surface area contributed by atoms with Gasteiger partial charge in [0.2, 0.25) is 0 Å². The fourth-order valence-corrected chi connectivity index (χ4v) is 3.37. The second-order valence-corrected chi connectivity index (χ2v) is 7.75. The fraction of sp³-hybridized carbons (Fsp3) is 0.500. The molecule has 0 aliphatic rings. The maximum absolute atomic E-state index is 11.9. The molecule has 0 amide bonds. The van der Waals surface area contributed by atoms with Crippen molar-refractivity contribution in [2.24, 2.45) is 0 Å². The maximum Gasteiger partial charge on any atom is 0.162 e. The van der Waals surface area contributed by atoms with Crippen molar-refractivity contribution in [2.45, 2.75) is 19.3 Å². The van der Waals surface area contributed by atoms with E-state index in [1.807, 2.05) is 0 Å². The Labute approximate surface area is 128 Å². The average Bonchev–Trinajstić information content (AvgIpc) is 2.39. The number of benzene rings is 1. The molecule has 1 rings (SSSR count). The first-order valence-electron chi connectivity index (χ1n) is 6.43. The van der Waals surface area contributed by atoms with Crippen LogP contribution < -0.4 is 0 Å². The highest BCUT2D eigenvalue weighted by atomic mass is 79.9. The summed E-state index contributed by atoms with van der Waals surface area (Å²) < 4.78 is 29.1. The van der Waals surface area contributed by atoms with Crippen molar-refractivity contribution < 1.29 is 17.9 Å². The van der Waals surface area contributed by atoms with Crippen LogP contribution in [0, 0.1) is 0 Å². The van der Waals surface area contributed by atoms with E-state index in [4.69, 9.17) is 4.74 Å². The Morgan fingerprint density at radius 3 is 2.35 bits per heavy atom. The second-order valence-electron chi connectivity index (χ2n) is 4.53. The molecule has 1 aromatic carbocycles. The summed E-state index contributed by atoms with van der Waals surface area (Å²) in [6.45, 7) is 0.442. The summed E-state index contributed by atoms with van der Waals surface area (Å²) in [5.41, 5.74) is 0.616. The van der Waals surface area contributed by atoms with E-state index in [0.29, 0.717) is 25.0 Å². The van der Waals surface area contributed by atoms with Crippen molar-refractivity contribution in [3.8, 4) is 0 Å². The molecule has 0 N–H and O–H groups in total. The molecule has 0 aliphatic carbocycles. The number of methoxy groups -OCH3 is 1. The summed E-state index contributed by atoms with van der Waals surface area (Å²) in [4.78, 5) is 11.9. The van der Waals surface area contributed by atoms with Gasteiger partial charge in [0.25, 0.3) is 0 Å². The number of ketones is 1. The zero-order valence-corrected chi connectivity index (χ0v) is 13.9. The molecule has 0 unspecified atom stereocenters. The maximum atomic E-state index is 11.9. The molecule has 0 aromatic heterocycles. The number of sulfone groups is 1. The number of Topliss-reactive ketones (excluding diaryl/α,β-unsaturated/α-hetero) is 1. The second kappa shape index (κ2) is 8.54. The molecule has 6 heteroatoms. The number of ether oxygens (including phenoxy) is 1. The van der Waals surface area contributed by atoms with Gasteiger partial charge < -0.3 is 4.74 Å². The molecule has 112 valence electrons. The summed E-state index contributed by atoms with van der Waals surface area (Å²) in [6, 6.07) is 7.07. The van der Waals surface area contributed by atoms with E-state index in [-0.39, 0.29) is 23.7 Å². The lowest BCUT2D eigenvalue weighted by molar-refractivity contribution is 0.0982. The Hall–Kier alpha value is -0.720. The van der Waals surface area contributed by atoms with Gasteiger partial charge in [0.05, 0.1) is 11.5 Å². The number of halogens is 1. The lowest BCUT2D eigenvalue weighted by Crippen LogP contribution is -2.13. The van der Waals surface area contributed by atoms with Gasteiger partial charge in [0.15, 0.2) is 5.78 Å². The van der Waals surface area contributed by atoms with Crippen molar-refractivity contribution in [1.29, 1.82) is 0 Å². The highest BCUT2D eigenvalue weighted by molar-refractivity contribution is 9.10. The van der Waals surface area contributed by atoms with E-state index in [9.17, 15) is 13.2 Å². The van der Waals surface area contributed by atoms with Gasteiger partial charge in [-0.3, -0.25) is 4.79 Å². The Balaban J connectivity index is 2.36. The van der Waals surface area contributed by atoms with Crippen LogP contribution in [0.3, 0.4) is 0 Å². The molecule has 20 heavy (non-hydrogen) atoms. The molecule has 0 saturated heterocycles. The summed E-state index contributed by atoms with van der Waals surface area (Å²) in [5.74, 6) is 0.149. The van der Waals surface area contributed by atoms with Crippen LogP contribution >= 0.6 is 15.9 Å². The number of carbonyl (C=O) groups excluding carboxylic acids is 1. The summed E-state index contributed by atoms with van der Waals surface area (Å²) >= 11 is 3.30. The van der Waals surface area contributed by atoms with Gasteiger partial charge in [0.1, 0.15) is 9.84 Å². The van der Waals surface area contributed by atoms with Crippen molar-refractivity contribution in [2.75, 3.05) is 25.2 Å². The van der Waals surface area contributed by atoms with Crippen molar-refractivity contribution in [3.05, 3.63) is 34.3 Å². The van der Waals surface area contributed by atoms with Gasteiger partial charge in [-0.15, -0.1) is 0 Å². The van der Waals surface area contributed by atoms with Crippen LogP contribution in [0.15, 0.2) is 28.7 Å². The molecule has 0 heterocycles. The smallest absolute Gasteiger partial charge is 0.162 e. The van der Waals surface area contributed by atoms with E-state index in [1.165, 1.54) is 0 Å². The number of hydrogen-bond acceptors (Lipinski definition) is 4. The first-order chi connectivity index (χ1) is 9.44. The predicted molar refractivity (Wildman–Crippen MR) is 82.9 cm³/mol. The van der Waals surface area contributed by atoms with Crippen LogP contribution in [0.25, 0.3) is 0 Å². The molecule has 0 bridgehead atoms. The molecule has 0 atom stereocenters. The van der Waals surface area contributed by atoms with Gasteiger partial charge in [-0.1, -0.05) is 28.1 Å². The van der Waals surface area contributed by atoms with E-state index in [2.05, 4.69) is 15.9 Å². The molecule has 0 saturated carbocycles. The molecule has 1 aromatic rings. The SMILES string of the molecule is COCCCS(=O)(=O)CCCC(=O)c1ccc(Br)cc1. The Morgan fingerprint density at radius 1 is 1.15 bits per heavy atom. The van der Waals surface area contributed by atoms with E-state index in [1.54, 1.807) is 31.4 Å². The lowest BCUT2D eigenvalue weighted by Gasteiger charge is -2.04. The van der Waals surface area contributed by atoms with Crippen molar-refractivity contribution in [3.63, 3.8) is 0 Å². The first kappa shape index (κ1) is 17.3. The van der Waals surface area contributed by atoms with Crippen LogP contribution in [-0.4, -0.2) is 39.4 Å². The topological polar surface area (TPSA) is 60.4 Å². The van der Waals surface area contributed by atoms with Gasteiger partial charge >= 0.3 is 0 Å². The van der Waals surface area contributed by atoms with E-state index >= 15 is 0 Å². The first-order valence-corrected chi connectivity index (χ1v) is 9.04. The van der Waals surface area contributed by atoms with Crippen molar-refractivity contribution >= 4 is 31.6 Å². The lowest BCUT2D eigenvalue weighted by atomic mass is 10.1. The van der Waals surface area contributed by atoms with Crippen LogP contribution in [0.2, 0.25) is 0 Å². The Morgan fingerprint density at radius 2 is 1.75 bits per heavy atom. The van der Waals surface area contributed by atoms with Crippen LogP contribution in [0.1, 0.15) is 29.6 Å². The predicted octanol–water partition coefficient (Wildman–Crippen LogP) is 2.86. The average molecular weight is 363 g/mol. The van der Waals surface area contributed by atoms with E-state index < -0.39 is 9.84 Å². The van der Waals surface area contributed by atoms with E-state index in [0.717, 1.165) is 4.47 Å². The van der Waals surface area contributed by atoms with Gasteiger partial charge in [-0.25, -0.2) is 8.42 Å². The third-order valence-corrected chi connectivity index (χ3v) is 5.18. The third-order valence-electron chi connectivity index (χ3n) is 2.83. The zero-order valence-electron chi connectivity index (χ0n) is 11.5. The minimum atomic E-state index is -3.08.